The lowest BCUT2D eigenvalue weighted by Gasteiger charge is -2.71. The van der Waals surface area contributed by atoms with E-state index in [4.69, 9.17) is 0 Å². The molecule has 0 unspecified atom stereocenters. The van der Waals surface area contributed by atoms with Gasteiger partial charge in [0, 0.05) is 35.9 Å². The van der Waals surface area contributed by atoms with Crippen LogP contribution in [0.15, 0.2) is 0 Å². The first-order chi connectivity index (χ1) is 7.25. The van der Waals surface area contributed by atoms with Crippen molar-refractivity contribution >= 4 is 0 Å². The molecule has 0 radical (unpaired) electrons. The minimum absolute atomic E-state index is 0.501. The molecule has 0 aromatic rings. The second kappa shape index (κ2) is 2.64. The fourth-order valence-corrected chi connectivity index (χ4v) is 4.84. The first-order valence-electron chi connectivity index (χ1n) is 6.02. The standard InChI is InChI=1S/C12H21NO3/c1-10-4-13-5-11(2,7(10)14)9(16)12(3,6-13)8(10)15/h7-9,14-16H,4-6H2,1-3H3. The summed E-state index contributed by atoms with van der Waals surface area (Å²) < 4.78 is 0. The molecule has 4 heteroatoms. The zero-order chi connectivity index (χ0) is 11.9. The molecule has 3 aliphatic heterocycles. The van der Waals surface area contributed by atoms with Gasteiger partial charge in [0.05, 0.1) is 18.3 Å². The fourth-order valence-electron chi connectivity index (χ4n) is 4.84. The van der Waals surface area contributed by atoms with Crippen LogP contribution < -0.4 is 0 Å². The van der Waals surface area contributed by atoms with Crippen LogP contribution in [0, 0.1) is 16.2 Å². The Balaban J connectivity index is 2.17. The monoisotopic (exact) mass is 227 g/mol. The molecule has 3 saturated heterocycles. The molecular formula is C12H21NO3. The van der Waals surface area contributed by atoms with Crippen LogP contribution in [0.1, 0.15) is 20.8 Å². The predicted octanol–water partition coefficient (Wildman–Crippen LogP) is -0.569. The highest BCUT2D eigenvalue weighted by Crippen LogP contribution is 2.61. The van der Waals surface area contributed by atoms with Crippen LogP contribution in [-0.2, 0) is 0 Å². The first kappa shape index (κ1) is 11.0. The van der Waals surface area contributed by atoms with Crippen LogP contribution in [0.25, 0.3) is 0 Å². The molecular weight excluding hydrogens is 206 g/mol. The highest BCUT2D eigenvalue weighted by Gasteiger charge is 2.72. The van der Waals surface area contributed by atoms with E-state index >= 15 is 0 Å². The molecule has 92 valence electrons. The summed E-state index contributed by atoms with van der Waals surface area (Å²) in [5.74, 6) is 0. The van der Waals surface area contributed by atoms with Gasteiger partial charge in [-0.1, -0.05) is 20.8 Å². The third-order valence-corrected chi connectivity index (χ3v) is 5.44. The minimum Gasteiger partial charge on any atom is -0.392 e. The van der Waals surface area contributed by atoms with E-state index in [0.717, 1.165) is 19.6 Å². The average Bonchev–Trinajstić information content (AvgIpc) is 2.20. The number of aliphatic hydroxyl groups excluding tert-OH is 3. The Morgan fingerprint density at radius 1 is 0.750 bits per heavy atom. The summed E-state index contributed by atoms with van der Waals surface area (Å²) in [6.45, 7) is 8.01. The van der Waals surface area contributed by atoms with Crippen molar-refractivity contribution in [2.75, 3.05) is 19.6 Å². The molecule has 4 rings (SSSR count). The van der Waals surface area contributed by atoms with Crippen molar-refractivity contribution in [3.05, 3.63) is 0 Å². The molecule has 4 nitrogen and oxygen atoms in total. The number of hydrogen-bond acceptors (Lipinski definition) is 4. The Hall–Kier alpha value is -0.160. The van der Waals surface area contributed by atoms with Gasteiger partial charge in [0.1, 0.15) is 0 Å². The molecule has 0 aromatic heterocycles. The number of rotatable bonds is 0. The summed E-state index contributed by atoms with van der Waals surface area (Å²) in [5, 5.41) is 31.4. The van der Waals surface area contributed by atoms with Crippen molar-refractivity contribution in [3.8, 4) is 0 Å². The Morgan fingerprint density at radius 3 is 1.25 bits per heavy atom. The van der Waals surface area contributed by atoms with E-state index in [9.17, 15) is 15.3 Å². The summed E-state index contributed by atoms with van der Waals surface area (Å²) in [6, 6.07) is 0. The number of hydrogen-bond donors (Lipinski definition) is 3. The molecule has 0 amide bonds. The molecule has 1 saturated carbocycles. The van der Waals surface area contributed by atoms with E-state index < -0.39 is 34.6 Å². The van der Waals surface area contributed by atoms with Crippen LogP contribution in [0.5, 0.6) is 0 Å². The molecule has 4 aliphatic rings. The topological polar surface area (TPSA) is 63.9 Å². The van der Waals surface area contributed by atoms with Gasteiger partial charge in [-0.3, -0.25) is 0 Å². The van der Waals surface area contributed by atoms with E-state index in [1.807, 2.05) is 20.8 Å². The fraction of sp³-hybridized carbons (Fsp3) is 1.00. The number of aliphatic hydroxyl groups is 3. The van der Waals surface area contributed by atoms with Crippen molar-refractivity contribution in [2.45, 2.75) is 39.1 Å². The lowest BCUT2D eigenvalue weighted by molar-refractivity contribution is -0.329. The van der Waals surface area contributed by atoms with Gasteiger partial charge in [0.2, 0.25) is 0 Å². The molecule has 4 fully saturated rings. The van der Waals surface area contributed by atoms with Crippen LogP contribution >= 0.6 is 0 Å². The second-order valence-corrected chi connectivity index (χ2v) is 6.87. The first-order valence-corrected chi connectivity index (χ1v) is 6.02. The quantitative estimate of drug-likeness (QED) is 0.518. The summed E-state index contributed by atoms with van der Waals surface area (Å²) in [6.07, 6.45) is -1.89. The Kier molecular flexibility index (Phi) is 1.81. The summed E-state index contributed by atoms with van der Waals surface area (Å²) >= 11 is 0. The highest BCUT2D eigenvalue weighted by molar-refractivity contribution is 5.22. The lowest BCUT2D eigenvalue weighted by Crippen LogP contribution is -2.83. The molecule has 16 heavy (non-hydrogen) atoms. The zero-order valence-corrected chi connectivity index (χ0v) is 10.1. The largest absolute Gasteiger partial charge is 0.392 e. The van der Waals surface area contributed by atoms with Gasteiger partial charge >= 0.3 is 0 Å². The van der Waals surface area contributed by atoms with Gasteiger partial charge < -0.3 is 20.2 Å². The normalized spacial score (nSPS) is 68.6. The molecule has 0 aromatic carbocycles. The van der Waals surface area contributed by atoms with Gasteiger partial charge in [-0.15, -0.1) is 0 Å². The molecule has 3 heterocycles. The van der Waals surface area contributed by atoms with Gasteiger partial charge in [-0.05, 0) is 0 Å². The summed E-state index contributed by atoms with van der Waals surface area (Å²) in [7, 11) is 0. The Labute approximate surface area is 95.9 Å². The second-order valence-electron chi connectivity index (χ2n) is 6.87. The van der Waals surface area contributed by atoms with Crippen molar-refractivity contribution in [1.82, 2.24) is 4.90 Å². The van der Waals surface area contributed by atoms with E-state index in [1.165, 1.54) is 0 Å². The number of nitrogens with zero attached hydrogens (tertiary/aromatic N) is 1. The van der Waals surface area contributed by atoms with Crippen LogP contribution in [0.3, 0.4) is 0 Å². The minimum atomic E-state index is -0.630. The van der Waals surface area contributed by atoms with E-state index in [-0.39, 0.29) is 0 Å². The molecule has 0 spiro atoms. The molecule has 0 atom stereocenters. The van der Waals surface area contributed by atoms with Gasteiger partial charge in [-0.25, -0.2) is 0 Å². The molecule has 4 bridgehead atoms. The number of piperidine rings is 3. The van der Waals surface area contributed by atoms with Crippen LogP contribution in [0.2, 0.25) is 0 Å². The SMILES string of the molecule is CC12CN3CC(C)(C1O)C(O)C(C)(C3)C2O. The Bertz CT molecular complexity index is 279. The van der Waals surface area contributed by atoms with E-state index in [1.54, 1.807) is 0 Å². The maximum atomic E-state index is 10.5. The molecule has 3 N–H and O–H groups in total. The van der Waals surface area contributed by atoms with Gasteiger partial charge in [0.25, 0.3) is 0 Å². The van der Waals surface area contributed by atoms with Crippen molar-refractivity contribution in [2.24, 2.45) is 16.2 Å². The average molecular weight is 227 g/mol. The summed E-state index contributed by atoms with van der Waals surface area (Å²) in [4.78, 5) is 2.27. The van der Waals surface area contributed by atoms with E-state index in [2.05, 4.69) is 4.90 Å². The van der Waals surface area contributed by atoms with Gasteiger partial charge in [0.15, 0.2) is 0 Å². The molecule has 1 aliphatic carbocycles. The van der Waals surface area contributed by atoms with Crippen molar-refractivity contribution in [3.63, 3.8) is 0 Å². The zero-order valence-electron chi connectivity index (χ0n) is 10.1. The smallest absolute Gasteiger partial charge is 0.0721 e. The Morgan fingerprint density at radius 2 is 1.00 bits per heavy atom. The van der Waals surface area contributed by atoms with Gasteiger partial charge in [-0.2, -0.15) is 0 Å². The van der Waals surface area contributed by atoms with Crippen molar-refractivity contribution < 1.29 is 15.3 Å². The van der Waals surface area contributed by atoms with Crippen molar-refractivity contribution in [1.29, 1.82) is 0 Å². The van der Waals surface area contributed by atoms with E-state index in [0.29, 0.717) is 0 Å². The highest BCUT2D eigenvalue weighted by atomic mass is 16.3. The summed E-state index contributed by atoms with van der Waals surface area (Å²) in [5.41, 5.74) is -1.50. The maximum Gasteiger partial charge on any atom is 0.0721 e. The third kappa shape index (κ3) is 0.883. The predicted molar refractivity (Wildman–Crippen MR) is 58.8 cm³/mol. The third-order valence-electron chi connectivity index (χ3n) is 5.44. The maximum absolute atomic E-state index is 10.5. The van der Waals surface area contributed by atoms with Crippen LogP contribution in [-0.4, -0.2) is 58.2 Å². The van der Waals surface area contributed by atoms with Crippen LogP contribution in [0.4, 0.5) is 0 Å². The lowest BCUT2D eigenvalue weighted by atomic mass is 9.44.